The first-order valence-corrected chi connectivity index (χ1v) is 5.60. The summed E-state index contributed by atoms with van der Waals surface area (Å²) in [4.78, 5) is 11.2. The van der Waals surface area contributed by atoms with E-state index in [-0.39, 0.29) is 11.4 Å². The number of carbonyl (C=O) groups is 1. The van der Waals surface area contributed by atoms with Gasteiger partial charge in [0.25, 0.3) is 0 Å². The molecule has 0 aliphatic heterocycles. The summed E-state index contributed by atoms with van der Waals surface area (Å²) in [5.41, 5.74) is -0.631. The Balaban J connectivity index is 2.70. The van der Waals surface area contributed by atoms with E-state index in [0.29, 0.717) is 10.9 Å². The fourth-order valence-corrected chi connectivity index (χ4v) is 1.56. The summed E-state index contributed by atoms with van der Waals surface area (Å²) in [6, 6.07) is 7.00. The molecule has 0 saturated heterocycles. The molecule has 2 aromatic rings. The fraction of sp³-hybridized carbons (Fsp3) is 0.214. The Morgan fingerprint density at radius 1 is 1.37 bits per heavy atom. The molecular weight excluding hydrogens is 244 g/mol. The van der Waals surface area contributed by atoms with Gasteiger partial charge in [0.1, 0.15) is 0 Å². The molecule has 1 aromatic carbocycles. The first-order valence-electron chi connectivity index (χ1n) is 5.60. The summed E-state index contributed by atoms with van der Waals surface area (Å²) in [6.07, 6.45) is 5.37. The van der Waals surface area contributed by atoms with Crippen molar-refractivity contribution in [1.29, 1.82) is 0 Å². The van der Waals surface area contributed by atoms with Crippen LogP contribution in [0.4, 0.5) is 0 Å². The van der Waals surface area contributed by atoms with Gasteiger partial charge in [0.15, 0.2) is 11.4 Å². The molecule has 0 spiro atoms. The normalized spacial score (nSPS) is 11.0. The van der Waals surface area contributed by atoms with Crippen molar-refractivity contribution < 1.29 is 14.6 Å². The molecule has 2 rings (SSSR count). The lowest BCUT2D eigenvalue weighted by Gasteiger charge is -2.21. The van der Waals surface area contributed by atoms with E-state index in [4.69, 9.17) is 16.3 Å². The zero-order valence-corrected chi connectivity index (χ0v) is 10.5. The molecule has 0 saturated carbocycles. The second-order valence-electron chi connectivity index (χ2n) is 4.46. The Hall–Kier alpha value is -2.61. The maximum absolute atomic E-state index is 11.2. The number of nitrogens with zero attached hydrogens (tertiary/aromatic N) is 2. The molecule has 0 fully saturated rings. The van der Waals surface area contributed by atoms with Crippen molar-refractivity contribution in [2.75, 3.05) is 0 Å². The zero-order chi connectivity index (χ0) is 14.0. The molecule has 0 radical (unpaired) electrons. The maximum Gasteiger partial charge on any atom is 0.360 e. The molecule has 5 nitrogen and oxygen atoms in total. The fourth-order valence-electron chi connectivity index (χ4n) is 1.56. The van der Waals surface area contributed by atoms with Gasteiger partial charge in [0.05, 0.1) is 5.52 Å². The third-order valence-corrected chi connectivity index (χ3v) is 2.53. The van der Waals surface area contributed by atoms with Gasteiger partial charge in [0, 0.05) is 5.39 Å². The molecule has 0 amide bonds. The van der Waals surface area contributed by atoms with E-state index in [1.54, 1.807) is 38.1 Å². The third kappa shape index (κ3) is 2.47. The lowest BCUT2D eigenvalue weighted by atomic mass is 10.1. The van der Waals surface area contributed by atoms with Crippen LogP contribution in [0.15, 0.2) is 24.3 Å². The van der Waals surface area contributed by atoms with Crippen LogP contribution < -0.4 is 4.74 Å². The smallest absolute Gasteiger partial charge is 0.360 e. The largest absolute Gasteiger partial charge is 0.476 e. The van der Waals surface area contributed by atoms with Crippen molar-refractivity contribution in [2.45, 2.75) is 19.4 Å². The van der Waals surface area contributed by atoms with Crippen LogP contribution in [-0.2, 0) is 0 Å². The van der Waals surface area contributed by atoms with Gasteiger partial charge in [-0.2, -0.15) is 0 Å². The standard InChI is InChI=1S/C14H12N2O3/c1-4-14(2,3)19-12-9-7-5-6-8-10(9)15-16-11(12)13(17)18/h1,5-8H,2-3H3,(H,17,18). The average molecular weight is 256 g/mol. The van der Waals surface area contributed by atoms with E-state index in [2.05, 4.69) is 16.1 Å². The van der Waals surface area contributed by atoms with Crippen LogP contribution >= 0.6 is 0 Å². The van der Waals surface area contributed by atoms with Crippen molar-refractivity contribution >= 4 is 16.9 Å². The van der Waals surface area contributed by atoms with Crippen LogP contribution in [-0.4, -0.2) is 26.9 Å². The molecule has 1 N–H and O–H groups in total. The van der Waals surface area contributed by atoms with Crippen LogP contribution in [0.25, 0.3) is 10.9 Å². The second kappa shape index (κ2) is 4.58. The molecule has 0 atom stereocenters. The van der Waals surface area contributed by atoms with Gasteiger partial charge in [-0.05, 0) is 26.0 Å². The van der Waals surface area contributed by atoms with E-state index in [9.17, 15) is 4.79 Å². The monoisotopic (exact) mass is 256 g/mol. The Labute approximate surface area is 110 Å². The summed E-state index contributed by atoms with van der Waals surface area (Å²) in [7, 11) is 0. The summed E-state index contributed by atoms with van der Waals surface area (Å²) >= 11 is 0. The highest BCUT2D eigenvalue weighted by atomic mass is 16.5. The van der Waals surface area contributed by atoms with E-state index >= 15 is 0 Å². The van der Waals surface area contributed by atoms with E-state index in [0.717, 1.165) is 0 Å². The van der Waals surface area contributed by atoms with Crippen LogP contribution in [0.5, 0.6) is 5.75 Å². The van der Waals surface area contributed by atoms with E-state index < -0.39 is 11.6 Å². The van der Waals surface area contributed by atoms with Gasteiger partial charge in [-0.25, -0.2) is 4.79 Å². The van der Waals surface area contributed by atoms with Crippen LogP contribution in [0, 0.1) is 12.3 Å². The number of carboxylic acid groups (broad SMARTS) is 1. The average Bonchev–Trinajstić information content (AvgIpc) is 2.38. The number of aromatic nitrogens is 2. The number of rotatable bonds is 3. The van der Waals surface area contributed by atoms with Crippen molar-refractivity contribution in [1.82, 2.24) is 10.2 Å². The summed E-state index contributed by atoms with van der Waals surface area (Å²) in [5.74, 6) is 1.39. The van der Waals surface area contributed by atoms with Crippen molar-refractivity contribution in [3.63, 3.8) is 0 Å². The SMILES string of the molecule is C#CC(C)(C)Oc1c(C(=O)O)nnc2ccccc12. The van der Waals surface area contributed by atoms with E-state index in [1.165, 1.54) is 0 Å². The topological polar surface area (TPSA) is 72.3 Å². The number of terminal acetylenes is 1. The van der Waals surface area contributed by atoms with Crippen molar-refractivity contribution in [2.24, 2.45) is 0 Å². The van der Waals surface area contributed by atoms with Gasteiger partial charge >= 0.3 is 5.97 Å². The van der Waals surface area contributed by atoms with Crippen LogP contribution in [0.3, 0.4) is 0 Å². The number of benzene rings is 1. The van der Waals surface area contributed by atoms with Gasteiger partial charge < -0.3 is 9.84 Å². The lowest BCUT2D eigenvalue weighted by molar-refractivity contribution is 0.0678. The molecule has 1 heterocycles. The van der Waals surface area contributed by atoms with Gasteiger partial charge in [0.2, 0.25) is 5.69 Å². The quantitative estimate of drug-likeness (QED) is 0.851. The zero-order valence-electron chi connectivity index (χ0n) is 10.5. The number of hydrogen-bond donors (Lipinski definition) is 1. The predicted molar refractivity (Wildman–Crippen MR) is 70.0 cm³/mol. The second-order valence-corrected chi connectivity index (χ2v) is 4.46. The highest BCUT2D eigenvalue weighted by Gasteiger charge is 2.24. The minimum absolute atomic E-state index is 0.140. The predicted octanol–water partition coefficient (Wildman–Crippen LogP) is 2.12. The van der Waals surface area contributed by atoms with Crippen LogP contribution in [0.2, 0.25) is 0 Å². The first kappa shape index (κ1) is 12.8. The highest BCUT2D eigenvalue weighted by Crippen LogP contribution is 2.29. The summed E-state index contributed by atoms with van der Waals surface area (Å²) in [5, 5.41) is 17.3. The summed E-state index contributed by atoms with van der Waals surface area (Å²) < 4.78 is 5.64. The highest BCUT2D eigenvalue weighted by molar-refractivity contribution is 5.96. The van der Waals surface area contributed by atoms with Gasteiger partial charge in [-0.3, -0.25) is 0 Å². The van der Waals surface area contributed by atoms with Crippen molar-refractivity contribution in [3.05, 3.63) is 30.0 Å². The Morgan fingerprint density at radius 2 is 2.05 bits per heavy atom. The van der Waals surface area contributed by atoms with Gasteiger partial charge in [-0.1, -0.05) is 18.1 Å². The Kier molecular flexibility index (Phi) is 3.09. The minimum atomic E-state index is -1.21. The molecule has 0 unspecified atom stereocenters. The number of carboxylic acids is 1. The van der Waals surface area contributed by atoms with Gasteiger partial charge in [-0.15, -0.1) is 16.6 Å². The maximum atomic E-state index is 11.2. The number of fused-ring (bicyclic) bond motifs is 1. The Morgan fingerprint density at radius 3 is 2.68 bits per heavy atom. The summed E-state index contributed by atoms with van der Waals surface area (Å²) in [6.45, 7) is 3.35. The molecule has 1 aromatic heterocycles. The van der Waals surface area contributed by atoms with E-state index in [1.807, 2.05) is 0 Å². The Bertz CT molecular complexity index is 687. The third-order valence-electron chi connectivity index (χ3n) is 2.53. The number of ether oxygens (including phenoxy) is 1. The first-order chi connectivity index (χ1) is 8.94. The molecular formula is C14H12N2O3. The molecule has 19 heavy (non-hydrogen) atoms. The minimum Gasteiger partial charge on any atom is -0.476 e. The molecule has 0 aliphatic rings. The van der Waals surface area contributed by atoms with Crippen molar-refractivity contribution in [3.8, 4) is 18.1 Å². The number of hydrogen-bond acceptors (Lipinski definition) is 4. The molecule has 0 aliphatic carbocycles. The lowest BCUT2D eigenvalue weighted by Crippen LogP contribution is -2.27. The molecule has 5 heteroatoms. The molecule has 0 bridgehead atoms. The van der Waals surface area contributed by atoms with Crippen LogP contribution in [0.1, 0.15) is 24.3 Å². The molecule has 96 valence electrons. The number of aromatic carboxylic acids is 1.